The molecule has 1 rings (SSSR count). The fraction of sp³-hybridized carbons (Fsp3) is 0.400. The van der Waals surface area contributed by atoms with Crippen LogP contribution in [-0.2, 0) is 0 Å². The van der Waals surface area contributed by atoms with Crippen molar-refractivity contribution in [2.24, 2.45) is 0 Å². The maximum absolute atomic E-state index is 12.7. The van der Waals surface area contributed by atoms with Crippen LogP contribution in [0.1, 0.15) is 11.7 Å². The molecule has 1 unspecified atom stereocenters. The summed E-state index contributed by atoms with van der Waals surface area (Å²) in [6, 6.07) is 5.43. The molecule has 1 aromatic rings. The lowest BCUT2D eigenvalue weighted by atomic mass is 10.1. The van der Waals surface area contributed by atoms with Gasteiger partial charge in [-0.25, -0.2) is 13.2 Å². The molecular weight excluding hydrogens is 207 g/mol. The SMILES string of the molecule is OC(CNCC(F)F)c1cccc(F)c1. The molecule has 0 aliphatic rings. The van der Waals surface area contributed by atoms with E-state index in [1.807, 2.05) is 0 Å². The zero-order chi connectivity index (χ0) is 11.3. The first-order valence-electron chi connectivity index (χ1n) is 4.52. The van der Waals surface area contributed by atoms with Crippen LogP contribution in [0.5, 0.6) is 0 Å². The molecule has 0 aromatic heterocycles. The standard InChI is InChI=1S/C10H12F3NO/c11-8-3-1-2-7(4-8)9(15)5-14-6-10(12)13/h1-4,9-10,14-15H,5-6H2. The number of nitrogens with one attached hydrogen (secondary N) is 1. The molecule has 2 nitrogen and oxygen atoms in total. The summed E-state index contributed by atoms with van der Waals surface area (Å²) in [5, 5.41) is 11.9. The van der Waals surface area contributed by atoms with Gasteiger partial charge in [0.25, 0.3) is 6.43 Å². The van der Waals surface area contributed by atoms with Crippen molar-refractivity contribution >= 4 is 0 Å². The molecule has 0 bridgehead atoms. The summed E-state index contributed by atoms with van der Waals surface area (Å²) in [7, 11) is 0. The van der Waals surface area contributed by atoms with Gasteiger partial charge in [0.05, 0.1) is 12.6 Å². The van der Waals surface area contributed by atoms with Crippen LogP contribution in [0.3, 0.4) is 0 Å². The molecule has 0 aliphatic carbocycles. The summed E-state index contributed by atoms with van der Waals surface area (Å²) in [5.74, 6) is -0.458. The van der Waals surface area contributed by atoms with E-state index in [0.29, 0.717) is 5.56 Å². The summed E-state index contributed by atoms with van der Waals surface area (Å²) < 4.78 is 36.2. The highest BCUT2D eigenvalue weighted by Gasteiger charge is 2.09. The van der Waals surface area contributed by atoms with E-state index >= 15 is 0 Å². The van der Waals surface area contributed by atoms with Crippen molar-refractivity contribution in [3.8, 4) is 0 Å². The van der Waals surface area contributed by atoms with E-state index < -0.39 is 24.9 Å². The predicted octanol–water partition coefficient (Wildman–Crippen LogP) is 1.71. The van der Waals surface area contributed by atoms with Gasteiger partial charge in [-0.05, 0) is 17.7 Å². The van der Waals surface area contributed by atoms with Crippen LogP contribution in [0, 0.1) is 5.82 Å². The van der Waals surface area contributed by atoms with Gasteiger partial charge in [0.2, 0.25) is 0 Å². The van der Waals surface area contributed by atoms with Crippen molar-refractivity contribution in [1.29, 1.82) is 0 Å². The molecule has 0 saturated carbocycles. The number of aliphatic hydroxyl groups is 1. The normalized spacial score (nSPS) is 13.1. The van der Waals surface area contributed by atoms with Crippen LogP contribution in [0.25, 0.3) is 0 Å². The van der Waals surface area contributed by atoms with Crippen LogP contribution in [0.4, 0.5) is 13.2 Å². The van der Waals surface area contributed by atoms with Gasteiger partial charge >= 0.3 is 0 Å². The van der Waals surface area contributed by atoms with Crippen LogP contribution in [-0.4, -0.2) is 24.6 Å². The highest BCUT2D eigenvalue weighted by atomic mass is 19.3. The molecule has 0 aliphatic heterocycles. The maximum atomic E-state index is 12.7. The number of hydrogen-bond donors (Lipinski definition) is 2. The van der Waals surface area contributed by atoms with Crippen LogP contribution < -0.4 is 5.32 Å². The third-order valence-electron chi connectivity index (χ3n) is 1.87. The third-order valence-corrected chi connectivity index (χ3v) is 1.87. The first kappa shape index (κ1) is 12.0. The Hall–Kier alpha value is -1.07. The van der Waals surface area contributed by atoms with Gasteiger partial charge in [-0.1, -0.05) is 12.1 Å². The predicted molar refractivity (Wildman–Crippen MR) is 50.2 cm³/mol. The monoisotopic (exact) mass is 219 g/mol. The Kier molecular flexibility index (Phi) is 4.58. The van der Waals surface area contributed by atoms with Crippen LogP contribution >= 0.6 is 0 Å². The van der Waals surface area contributed by atoms with E-state index in [9.17, 15) is 18.3 Å². The number of aliphatic hydroxyl groups excluding tert-OH is 1. The molecule has 5 heteroatoms. The van der Waals surface area contributed by atoms with Crippen molar-refractivity contribution in [1.82, 2.24) is 5.32 Å². The smallest absolute Gasteiger partial charge is 0.250 e. The lowest BCUT2D eigenvalue weighted by Gasteiger charge is -2.11. The van der Waals surface area contributed by atoms with Crippen LogP contribution in [0.15, 0.2) is 24.3 Å². The summed E-state index contributed by atoms with van der Waals surface area (Å²) >= 11 is 0. The average molecular weight is 219 g/mol. The molecule has 1 atom stereocenters. The Bertz CT molecular complexity index is 306. The third kappa shape index (κ3) is 4.31. The van der Waals surface area contributed by atoms with Crippen LogP contribution in [0.2, 0.25) is 0 Å². The number of hydrogen-bond acceptors (Lipinski definition) is 2. The first-order chi connectivity index (χ1) is 7.09. The number of alkyl halides is 2. The van der Waals surface area contributed by atoms with Gasteiger partial charge in [0.1, 0.15) is 5.82 Å². The fourth-order valence-electron chi connectivity index (χ4n) is 1.16. The fourth-order valence-corrected chi connectivity index (χ4v) is 1.16. The van der Waals surface area contributed by atoms with Crippen molar-refractivity contribution < 1.29 is 18.3 Å². The molecule has 2 N–H and O–H groups in total. The van der Waals surface area contributed by atoms with E-state index in [4.69, 9.17) is 0 Å². The maximum Gasteiger partial charge on any atom is 0.250 e. The van der Waals surface area contributed by atoms with Gasteiger partial charge in [0.15, 0.2) is 0 Å². The van der Waals surface area contributed by atoms with Crippen molar-refractivity contribution in [3.63, 3.8) is 0 Å². The highest BCUT2D eigenvalue weighted by Crippen LogP contribution is 2.12. The van der Waals surface area contributed by atoms with Gasteiger partial charge in [-0.2, -0.15) is 0 Å². The Labute approximate surface area is 85.7 Å². The van der Waals surface area contributed by atoms with Gasteiger partial charge < -0.3 is 10.4 Å². The van der Waals surface area contributed by atoms with Crippen molar-refractivity contribution in [2.75, 3.05) is 13.1 Å². The number of benzene rings is 1. The van der Waals surface area contributed by atoms with Crippen molar-refractivity contribution in [3.05, 3.63) is 35.6 Å². The second-order valence-electron chi connectivity index (χ2n) is 3.12. The Morgan fingerprint density at radius 1 is 1.27 bits per heavy atom. The van der Waals surface area contributed by atoms with Gasteiger partial charge in [-0.15, -0.1) is 0 Å². The molecule has 0 amide bonds. The number of rotatable bonds is 5. The second kappa shape index (κ2) is 5.72. The lowest BCUT2D eigenvalue weighted by Crippen LogP contribution is -2.26. The minimum Gasteiger partial charge on any atom is -0.387 e. The van der Waals surface area contributed by atoms with E-state index in [1.54, 1.807) is 0 Å². The molecule has 0 spiro atoms. The molecular formula is C10H12F3NO. The summed E-state index contributed by atoms with van der Waals surface area (Å²) in [6.45, 7) is -0.500. The second-order valence-corrected chi connectivity index (χ2v) is 3.12. The topological polar surface area (TPSA) is 32.3 Å². The van der Waals surface area contributed by atoms with E-state index in [0.717, 1.165) is 0 Å². The zero-order valence-corrected chi connectivity index (χ0v) is 7.96. The molecule has 84 valence electrons. The van der Waals surface area contributed by atoms with E-state index in [1.165, 1.54) is 24.3 Å². The minimum atomic E-state index is -2.45. The van der Waals surface area contributed by atoms with E-state index in [-0.39, 0.29) is 6.54 Å². The molecule has 0 fully saturated rings. The quantitative estimate of drug-likeness (QED) is 0.790. The first-order valence-corrected chi connectivity index (χ1v) is 4.52. The minimum absolute atomic E-state index is 0.0200. The van der Waals surface area contributed by atoms with Gasteiger partial charge in [-0.3, -0.25) is 0 Å². The Balaban J connectivity index is 2.43. The Morgan fingerprint density at radius 2 is 2.00 bits per heavy atom. The molecule has 1 aromatic carbocycles. The average Bonchev–Trinajstić information content (AvgIpc) is 2.17. The molecule has 0 saturated heterocycles. The van der Waals surface area contributed by atoms with Gasteiger partial charge in [0, 0.05) is 6.54 Å². The highest BCUT2D eigenvalue weighted by molar-refractivity contribution is 5.18. The lowest BCUT2D eigenvalue weighted by molar-refractivity contribution is 0.129. The molecule has 0 radical (unpaired) electrons. The molecule has 15 heavy (non-hydrogen) atoms. The zero-order valence-electron chi connectivity index (χ0n) is 7.96. The van der Waals surface area contributed by atoms with E-state index in [2.05, 4.69) is 5.32 Å². The molecule has 0 heterocycles. The largest absolute Gasteiger partial charge is 0.387 e. The Morgan fingerprint density at radius 3 is 2.60 bits per heavy atom. The number of halogens is 3. The van der Waals surface area contributed by atoms with Crippen molar-refractivity contribution in [2.45, 2.75) is 12.5 Å². The summed E-state index contributed by atoms with van der Waals surface area (Å²) in [4.78, 5) is 0. The summed E-state index contributed by atoms with van der Waals surface area (Å²) in [6.07, 6.45) is -3.43. The summed E-state index contributed by atoms with van der Waals surface area (Å²) in [5.41, 5.74) is 0.372.